The van der Waals surface area contributed by atoms with Gasteiger partial charge in [0.25, 0.3) is 0 Å². The minimum absolute atomic E-state index is 1.28. The van der Waals surface area contributed by atoms with Crippen LogP contribution in [0.1, 0.15) is 0 Å². The minimum atomic E-state index is -3.64. The molecule has 0 heterocycles. The molecule has 2 nitrogen and oxygen atoms in total. The van der Waals surface area contributed by atoms with E-state index in [1.165, 1.54) is 26.4 Å². The Labute approximate surface area is 263 Å². The normalized spacial score (nSPS) is 11.9. The van der Waals surface area contributed by atoms with Gasteiger partial charge in [0.05, 0.1) is 0 Å². The van der Waals surface area contributed by atoms with E-state index in [2.05, 4.69) is 187 Å². The predicted molar refractivity (Wildman–Crippen MR) is 182 cm³/mol. The quantitative estimate of drug-likeness (QED) is 0.192. The molecule has 6 aromatic carbocycles. The van der Waals surface area contributed by atoms with Gasteiger partial charge in [-0.05, 0) is 0 Å². The maximum atomic E-state index is 7.71. The Bertz CT molecular complexity index is 1350. The van der Waals surface area contributed by atoms with Gasteiger partial charge in [-0.3, -0.25) is 0 Å². The van der Waals surface area contributed by atoms with Crippen molar-refractivity contribution in [2.24, 2.45) is 0 Å². The molecule has 0 atom stereocenters. The first-order chi connectivity index (χ1) is 20.7. The number of hydrogen-bond donors (Lipinski definition) is 0. The van der Waals surface area contributed by atoms with Crippen LogP contribution in [0.4, 0.5) is 0 Å². The SMILES string of the molecule is [CH3][Sb]([O][Ge]([c]1ccccc1)([c]1ccccc1)[c]1ccccc1)[O][Ge]([c]1ccccc1)([c]1ccccc1)[c]1ccccc1. The molecule has 0 bridgehead atoms. The monoisotopic (exact) mass is 778 g/mol. The molecule has 0 unspecified atom stereocenters. The molecule has 0 amide bonds. The Morgan fingerprint density at radius 3 is 0.643 bits per heavy atom. The van der Waals surface area contributed by atoms with E-state index in [-0.39, 0.29) is 0 Å². The van der Waals surface area contributed by atoms with E-state index in [4.69, 9.17) is 4.08 Å². The van der Waals surface area contributed by atoms with E-state index in [1.807, 2.05) is 0 Å². The van der Waals surface area contributed by atoms with Gasteiger partial charge in [-0.2, -0.15) is 0 Å². The van der Waals surface area contributed by atoms with E-state index in [0.717, 1.165) is 0 Å². The topological polar surface area (TPSA) is 18.5 Å². The summed E-state index contributed by atoms with van der Waals surface area (Å²) < 4.78 is 23.1. The van der Waals surface area contributed by atoms with Crippen molar-refractivity contribution in [2.75, 3.05) is 0 Å². The molecule has 6 rings (SSSR count). The van der Waals surface area contributed by atoms with Gasteiger partial charge in [-0.1, -0.05) is 0 Å². The Balaban J connectivity index is 1.54. The van der Waals surface area contributed by atoms with E-state index in [0.29, 0.717) is 0 Å². The van der Waals surface area contributed by atoms with Gasteiger partial charge < -0.3 is 0 Å². The van der Waals surface area contributed by atoms with Crippen molar-refractivity contribution in [3.05, 3.63) is 182 Å². The van der Waals surface area contributed by atoms with Gasteiger partial charge in [0.1, 0.15) is 0 Å². The summed E-state index contributed by atoms with van der Waals surface area (Å²) in [5.41, 5.74) is 0. The molecule has 0 aliphatic heterocycles. The van der Waals surface area contributed by atoms with Crippen LogP contribution in [0, 0.1) is 0 Å². The first kappa shape index (κ1) is 29.2. The standard InChI is InChI=1S/2C18H15GeO.CH3.Sb/c2*20-19(16-10-4-1-5-11-16,17-12-6-2-7-13-17)18-14-8-3-9-15-18;;/h2*1-15H;1H3;/q2*-1;;+2. The zero-order chi connectivity index (χ0) is 28.7. The van der Waals surface area contributed by atoms with Gasteiger partial charge >= 0.3 is 266 Å². The summed E-state index contributed by atoms with van der Waals surface area (Å²) in [5.74, 6) is 0. The summed E-state index contributed by atoms with van der Waals surface area (Å²) in [7, 11) is 0. The van der Waals surface area contributed by atoms with E-state index < -0.39 is 48.3 Å². The Morgan fingerprint density at radius 2 is 0.476 bits per heavy atom. The molecule has 0 aliphatic rings. The second-order valence-electron chi connectivity index (χ2n) is 10.2. The van der Waals surface area contributed by atoms with Crippen molar-refractivity contribution < 1.29 is 4.08 Å². The molecule has 0 saturated heterocycles. The number of rotatable bonds is 10. The fraction of sp³-hybridized carbons (Fsp3) is 0.0270. The molecule has 6 aromatic rings. The van der Waals surface area contributed by atoms with E-state index in [1.54, 1.807) is 0 Å². The van der Waals surface area contributed by atoms with Crippen LogP contribution in [0.3, 0.4) is 0 Å². The van der Waals surface area contributed by atoms with Crippen LogP contribution >= 0.6 is 0 Å². The maximum absolute atomic E-state index is 7.71. The zero-order valence-corrected chi connectivity index (χ0v) is 30.3. The first-order valence-electron chi connectivity index (χ1n) is 14.2. The van der Waals surface area contributed by atoms with Crippen LogP contribution in [-0.2, 0) is 4.08 Å². The van der Waals surface area contributed by atoms with Crippen LogP contribution in [0.5, 0.6) is 0 Å². The number of hydrogen-bond acceptors (Lipinski definition) is 2. The molecule has 0 radical (unpaired) electrons. The summed E-state index contributed by atoms with van der Waals surface area (Å²) in [5, 5.41) is 0. The summed E-state index contributed by atoms with van der Waals surface area (Å²) in [6.45, 7) is 0. The van der Waals surface area contributed by atoms with Gasteiger partial charge in [0.15, 0.2) is 0 Å². The van der Waals surface area contributed by atoms with E-state index in [9.17, 15) is 0 Å². The Kier molecular flexibility index (Phi) is 9.48. The molecule has 42 heavy (non-hydrogen) atoms. The van der Waals surface area contributed by atoms with Gasteiger partial charge in [0, 0.05) is 0 Å². The Morgan fingerprint density at radius 1 is 0.310 bits per heavy atom. The average Bonchev–Trinajstić information content (AvgIpc) is 3.08. The summed E-state index contributed by atoms with van der Waals surface area (Å²) in [6, 6.07) is 65.3. The van der Waals surface area contributed by atoms with Crippen molar-refractivity contribution in [2.45, 2.75) is 4.87 Å². The fourth-order valence-electron chi connectivity index (χ4n) is 5.76. The third-order valence-electron chi connectivity index (χ3n) is 7.61. The molecular formula is C37H33Ge2O2Sb. The fourth-order valence-corrected chi connectivity index (χ4v) is 45.4. The molecule has 5 heteroatoms. The molecule has 0 N–H and O–H groups in total. The summed E-state index contributed by atoms with van der Waals surface area (Å²) >= 11 is -10.2. The second kappa shape index (κ2) is 13.6. The van der Waals surface area contributed by atoms with Gasteiger partial charge in [-0.15, -0.1) is 0 Å². The average molecular weight is 777 g/mol. The third kappa shape index (κ3) is 5.84. The van der Waals surface area contributed by atoms with Crippen LogP contribution < -0.4 is 26.4 Å². The molecule has 0 aromatic heterocycles. The molecule has 0 aliphatic carbocycles. The third-order valence-corrected chi connectivity index (χ3v) is 40.0. The molecule has 0 spiro atoms. The van der Waals surface area contributed by atoms with Crippen molar-refractivity contribution in [3.8, 4) is 0 Å². The summed E-state index contributed by atoms with van der Waals surface area (Å²) in [4.78, 5) is 2.28. The molecule has 0 saturated carbocycles. The molecule has 0 fully saturated rings. The molecule has 206 valence electrons. The van der Waals surface area contributed by atoms with Gasteiger partial charge in [0.2, 0.25) is 0 Å². The van der Waals surface area contributed by atoms with Crippen molar-refractivity contribution in [1.29, 1.82) is 0 Å². The summed E-state index contributed by atoms with van der Waals surface area (Å²) in [6.07, 6.45) is 0. The number of benzene rings is 6. The van der Waals surface area contributed by atoms with E-state index >= 15 is 0 Å². The Hall–Kier alpha value is -2.86. The van der Waals surface area contributed by atoms with Crippen LogP contribution in [0.2, 0.25) is 4.87 Å². The second-order valence-corrected chi connectivity index (χ2v) is 31.9. The van der Waals surface area contributed by atoms with Crippen LogP contribution in [-0.4, -0.2) is 48.3 Å². The van der Waals surface area contributed by atoms with Crippen molar-refractivity contribution in [1.82, 2.24) is 0 Å². The predicted octanol–water partition coefficient (Wildman–Crippen LogP) is 4.47. The van der Waals surface area contributed by atoms with Crippen LogP contribution in [0.25, 0.3) is 0 Å². The first-order valence-corrected chi connectivity index (χ1v) is 26.8. The molecular weight excluding hydrogens is 743 g/mol. The van der Waals surface area contributed by atoms with Gasteiger partial charge in [-0.25, -0.2) is 0 Å². The van der Waals surface area contributed by atoms with Crippen LogP contribution in [0.15, 0.2) is 182 Å². The van der Waals surface area contributed by atoms with Crippen molar-refractivity contribution in [3.63, 3.8) is 0 Å². The zero-order valence-electron chi connectivity index (χ0n) is 23.6. The van der Waals surface area contributed by atoms with Crippen molar-refractivity contribution >= 4 is 74.6 Å².